The molecule has 0 fully saturated rings. The van der Waals surface area contributed by atoms with E-state index in [1.165, 1.54) is 6.07 Å². The van der Waals surface area contributed by atoms with E-state index in [2.05, 4.69) is 0 Å². The van der Waals surface area contributed by atoms with Crippen molar-refractivity contribution in [3.8, 4) is 0 Å². The van der Waals surface area contributed by atoms with Crippen LogP contribution in [0.15, 0.2) is 12.1 Å². The molecule has 0 amide bonds. The molecule has 0 bridgehead atoms. The highest BCUT2D eigenvalue weighted by Gasteiger charge is 2.18. The summed E-state index contributed by atoms with van der Waals surface area (Å²) >= 11 is 5.57. The molecule has 2 N–H and O–H groups in total. The Kier molecular flexibility index (Phi) is 4.48. The van der Waals surface area contributed by atoms with Crippen LogP contribution in [0.4, 0.5) is 8.78 Å². The Morgan fingerprint density at radius 3 is 2.67 bits per heavy atom. The van der Waals surface area contributed by atoms with Crippen LogP contribution in [0.1, 0.15) is 37.8 Å². The predicted octanol–water partition coefficient (Wildman–Crippen LogP) is 3.81. The van der Waals surface area contributed by atoms with Gasteiger partial charge in [0.1, 0.15) is 11.6 Å². The fourth-order valence-corrected chi connectivity index (χ4v) is 1.62. The van der Waals surface area contributed by atoms with Gasteiger partial charge in [-0.15, -0.1) is 0 Å². The average molecular weight is 234 g/mol. The molecule has 1 atom stereocenters. The van der Waals surface area contributed by atoms with Gasteiger partial charge in [-0.05, 0) is 18.6 Å². The van der Waals surface area contributed by atoms with Crippen LogP contribution < -0.4 is 5.73 Å². The number of benzene rings is 1. The van der Waals surface area contributed by atoms with Gasteiger partial charge in [-0.2, -0.15) is 0 Å². The van der Waals surface area contributed by atoms with Gasteiger partial charge in [0.05, 0.1) is 5.02 Å². The number of unbranched alkanes of at least 4 members (excludes halogenated alkanes) is 1. The van der Waals surface area contributed by atoms with Gasteiger partial charge in [0.25, 0.3) is 0 Å². The van der Waals surface area contributed by atoms with Crippen molar-refractivity contribution in [1.82, 2.24) is 0 Å². The molecule has 0 aromatic heterocycles. The van der Waals surface area contributed by atoms with Crippen molar-refractivity contribution in [1.29, 1.82) is 0 Å². The molecule has 0 spiro atoms. The van der Waals surface area contributed by atoms with Crippen LogP contribution in [0.5, 0.6) is 0 Å². The summed E-state index contributed by atoms with van der Waals surface area (Å²) < 4.78 is 26.8. The molecule has 1 aromatic carbocycles. The van der Waals surface area contributed by atoms with Crippen LogP contribution in [-0.2, 0) is 0 Å². The molecule has 0 saturated carbocycles. The number of hydrogen-bond acceptors (Lipinski definition) is 1. The lowest BCUT2D eigenvalue weighted by Gasteiger charge is -2.13. The summed E-state index contributed by atoms with van der Waals surface area (Å²) in [4.78, 5) is 0. The maximum Gasteiger partial charge on any atom is 0.149 e. The number of hydrogen-bond donors (Lipinski definition) is 1. The molecule has 84 valence electrons. The van der Waals surface area contributed by atoms with Crippen molar-refractivity contribution in [2.24, 2.45) is 5.73 Å². The molecule has 4 heteroatoms. The van der Waals surface area contributed by atoms with Gasteiger partial charge in [-0.1, -0.05) is 31.4 Å². The SMILES string of the molecule is CCCC[C@H](N)c1c(F)ccc(Cl)c1F. The number of halogens is 3. The minimum absolute atomic E-state index is 0.0849. The first-order valence-corrected chi connectivity index (χ1v) is 5.34. The van der Waals surface area contributed by atoms with Crippen LogP contribution in [0.2, 0.25) is 5.02 Å². The van der Waals surface area contributed by atoms with Crippen molar-refractivity contribution in [3.05, 3.63) is 34.4 Å². The van der Waals surface area contributed by atoms with Crippen LogP contribution in [0, 0.1) is 11.6 Å². The molecule has 0 unspecified atom stereocenters. The second-order valence-electron chi connectivity index (χ2n) is 3.51. The van der Waals surface area contributed by atoms with E-state index in [1.807, 2.05) is 6.92 Å². The highest BCUT2D eigenvalue weighted by Crippen LogP contribution is 2.27. The standard InChI is InChI=1S/C11H14ClF2N/c1-2-3-4-9(15)10-8(13)6-5-7(12)11(10)14/h5-6,9H,2-4,15H2,1H3/t9-/m0/s1. The fourth-order valence-electron chi connectivity index (χ4n) is 1.45. The summed E-state index contributed by atoms with van der Waals surface area (Å²) in [5, 5.41) is -0.0849. The smallest absolute Gasteiger partial charge is 0.149 e. The predicted molar refractivity (Wildman–Crippen MR) is 57.8 cm³/mol. The molecule has 0 aliphatic rings. The van der Waals surface area contributed by atoms with E-state index >= 15 is 0 Å². The van der Waals surface area contributed by atoms with Gasteiger partial charge in [-0.25, -0.2) is 8.78 Å². The average Bonchev–Trinajstić information content (AvgIpc) is 2.21. The van der Waals surface area contributed by atoms with Crippen molar-refractivity contribution in [3.63, 3.8) is 0 Å². The summed E-state index contributed by atoms with van der Waals surface area (Å²) in [7, 11) is 0. The third-order valence-electron chi connectivity index (χ3n) is 2.32. The van der Waals surface area contributed by atoms with Crippen LogP contribution >= 0.6 is 11.6 Å². The highest BCUT2D eigenvalue weighted by molar-refractivity contribution is 6.30. The van der Waals surface area contributed by atoms with Crippen LogP contribution in [-0.4, -0.2) is 0 Å². The zero-order valence-electron chi connectivity index (χ0n) is 8.56. The maximum absolute atomic E-state index is 13.5. The molecule has 0 saturated heterocycles. The summed E-state index contributed by atoms with van der Waals surface area (Å²) in [6, 6.07) is 1.72. The second kappa shape index (κ2) is 5.42. The molecular formula is C11H14ClF2N. The van der Waals surface area contributed by atoms with Gasteiger partial charge in [0.15, 0.2) is 0 Å². The van der Waals surface area contributed by atoms with E-state index in [0.717, 1.165) is 18.9 Å². The Bertz CT molecular complexity index is 342. The Morgan fingerprint density at radius 1 is 1.40 bits per heavy atom. The van der Waals surface area contributed by atoms with E-state index in [0.29, 0.717) is 6.42 Å². The molecule has 0 heterocycles. The van der Waals surface area contributed by atoms with E-state index in [1.54, 1.807) is 0 Å². The zero-order valence-corrected chi connectivity index (χ0v) is 9.32. The Morgan fingerprint density at radius 2 is 2.07 bits per heavy atom. The summed E-state index contributed by atoms with van der Waals surface area (Å²) in [6.07, 6.45) is 2.34. The third-order valence-corrected chi connectivity index (χ3v) is 2.61. The first-order valence-electron chi connectivity index (χ1n) is 4.96. The van der Waals surface area contributed by atoms with Gasteiger partial charge in [0, 0.05) is 11.6 Å². The van der Waals surface area contributed by atoms with E-state index in [9.17, 15) is 8.78 Å². The molecule has 0 aliphatic heterocycles. The maximum atomic E-state index is 13.5. The lowest BCUT2D eigenvalue weighted by atomic mass is 10.0. The van der Waals surface area contributed by atoms with E-state index in [4.69, 9.17) is 17.3 Å². The monoisotopic (exact) mass is 233 g/mol. The Hall–Kier alpha value is -0.670. The van der Waals surface area contributed by atoms with Crippen LogP contribution in [0.3, 0.4) is 0 Å². The van der Waals surface area contributed by atoms with Gasteiger partial charge in [-0.3, -0.25) is 0 Å². The normalized spacial score (nSPS) is 12.9. The van der Waals surface area contributed by atoms with Crippen molar-refractivity contribution in [2.75, 3.05) is 0 Å². The number of nitrogens with two attached hydrogens (primary N) is 1. The fraction of sp³-hybridized carbons (Fsp3) is 0.455. The minimum atomic E-state index is -0.736. The highest BCUT2D eigenvalue weighted by atomic mass is 35.5. The van der Waals surface area contributed by atoms with Gasteiger partial charge >= 0.3 is 0 Å². The second-order valence-corrected chi connectivity index (χ2v) is 3.91. The minimum Gasteiger partial charge on any atom is -0.324 e. The van der Waals surface area contributed by atoms with E-state index < -0.39 is 17.7 Å². The lowest BCUT2D eigenvalue weighted by Crippen LogP contribution is -2.14. The molecule has 15 heavy (non-hydrogen) atoms. The zero-order chi connectivity index (χ0) is 11.4. The largest absolute Gasteiger partial charge is 0.324 e. The molecule has 1 aromatic rings. The Labute approximate surface area is 93.2 Å². The molecule has 1 nitrogen and oxygen atoms in total. The third kappa shape index (κ3) is 2.89. The summed E-state index contributed by atoms with van der Waals surface area (Å²) in [5.41, 5.74) is 5.61. The Balaban J connectivity index is 2.96. The molecule has 0 radical (unpaired) electrons. The lowest BCUT2D eigenvalue weighted by molar-refractivity contribution is 0.503. The van der Waals surface area contributed by atoms with Crippen molar-refractivity contribution >= 4 is 11.6 Å². The number of rotatable bonds is 4. The summed E-state index contributed by atoms with van der Waals surface area (Å²) in [6.45, 7) is 2.00. The molecular weight excluding hydrogens is 220 g/mol. The first-order chi connectivity index (χ1) is 7.07. The van der Waals surface area contributed by atoms with Gasteiger partial charge in [0.2, 0.25) is 0 Å². The van der Waals surface area contributed by atoms with Gasteiger partial charge < -0.3 is 5.73 Å². The van der Waals surface area contributed by atoms with E-state index in [-0.39, 0.29) is 10.6 Å². The summed E-state index contributed by atoms with van der Waals surface area (Å²) in [5.74, 6) is -1.36. The topological polar surface area (TPSA) is 26.0 Å². The van der Waals surface area contributed by atoms with Crippen molar-refractivity contribution in [2.45, 2.75) is 32.2 Å². The van der Waals surface area contributed by atoms with Crippen LogP contribution in [0.25, 0.3) is 0 Å². The molecule has 1 rings (SSSR count). The first kappa shape index (κ1) is 12.4. The quantitative estimate of drug-likeness (QED) is 0.787. The molecule has 0 aliphatic carbocycles. The van der Waals surface area contributed by atoms with Crippen molar-refractivity contribution < 1.29 is 8.78 Å².